The Labute approximate surface area is 60.9 Å². The largest absolute Gasteiger partial charge is 0.392 e. The Kier molecular flexibility index (Phi) is 3.34. The SMILES string of the molecule is CC(C)(O)CC(O)CC#N. The van der Waals surface area contributed by atoms with Crippen LogP contribution >= 0.6 is 0 Å². The zero-order chi connectivity index (χ0) is 8.20. The molecule has 0 saturated carbocycles. The molecule has 3 nitrogen and oxygen atoms in total. The van der Waals surface area contributed by atoms with E-state index in [-0.39, 0.29) is 12.8 Å². The van der Waals surface area contributed by atoms with E-state index in [1.165, 1.54) is 0 Å². The summed E-state index contributed by atoms with van der Waals surface area (Å²) < 4.78 is 0. The van der Waals surface area contributed by atoms with Gasteiger partial charge in [0.1, 0.15) is 0 Å². The number of aliphatic hydroxyl groups is 2. The Hall–Kier alpha value is -0.590. The van der Waals surface area contributed by atoms with Gasteiger partial charge < -0.3 is 10.2 Å². The van der Waals surface area contributed by atoms with Gasteiger partial charge in [0.05, 0.1) is 24.2 Å². The first kappa shape index (κ1) is 9.41. The molecule has 0 fully saturated rings. The molecule has 0 aromatic heterocycles. The first-order valence-corrected chi connectivity index (χ1v) is 3.23. The molecule has 0 spiro atoms. The van der Waals surface area contributed by atoms with Gasteiger partial charge in [-0.25, -0.2) is 0 Å². The molecule has 2 N–H and O–H groups in total. The molecule has 0 amide bonds. The minimum atomic E-state index is -0.879. The Morgan fingerprint density at radius 3 is 2.40 bits per heavy atom. The van der Waals surface area contributed by atoms with Gasteiger partial charge in [0, 0.05) is 6.42 Å². The van der Waals surface area contributed by atoms with Gasteiger partial charge in [0.2, 0.25) is 0 Å². The van der Waals surface area contributed by atoms with Gasteiger partial charge in [0.15, 0.2) is 0 Å². The fraction of sp³-hybridized carbons (Fsp3) is 0.857. The van der Waals surface area contributed by atoms with Gasteiger partial charge in [-0.2, -0.15) is 5.26 Å². The molecule has 58 valence electrons. The second kappa shape index (κ2) is 3.55. The third-order valence-electron chi connectivity index (χ3n) is 1.06. The summed E-state index contributed by atoms with van der Waals surface area (Å²) in [6.45, 7) is 3.21. The molecule has 0 rings (SSSR count). The van der Waals surface area contributed by atoms with E-state index >= 15 is 0 Å². The van der Waals surface area contributed by atoms with Crippen LogP contribution in [0.5, 0.6) is 0 Å². The number of hydrogen-bond acceptors (Lipinski definition) is 3. The van der Waals surface area contributed by atoms with Crippen LogP contribution < -0.4 is 0 Å². The second-order valence-electron chi connectivity index (χ2n) is 3.03. The molecule has 0 aliphatic rings. The van der Waals surface area contributed by atoms with Crippen molar-refractivity contribution >= 4 is 0 Å². The summed E-state index contributed by atoms with van der Waals surface area (Å²) in [6, 6.07) is 1.83. The minimum Gasteiger partial charge on any atom is -0.392 e. The van der Waals surface area contributed by atoms with Crippen molar-refractivity contribution in [3.63, 3.8) is 0 Å². The Balaban J connectivity index is 3.60. The highest BCUT2D eigenvalue weighted by Gasteiger charge is 2.17. The van der Waals surface area contributed by atoms with E-state index < -0.39 is 11.7 Å². The summed E-state index contributed by atoms with van der Waals surface area (Å²) in [7, 11) is 0. The maximum atomic E-state index is 9.15. The van der Waals surface area contributed by atoms with Gasteiger partial charge in [-0.05, 0) is 13.8 Å². The highest BCUT2D eigenvalue weighted by molar-refractivity contribution is 4.79. The smallest absolute Gasteiger partial charge is 0.0697 e. The Morgan fingerprint density at radius 2 is 2.10 bits per heavy atom. The van der Waals surface area contributed by atoms with E-state index in [1.807, 2.05) is 6.07 Å². The number of hydrogen-bond donors (Lipinski definition) is 2. The third kappa shape index (κ3) is 5.54. The lowest BCUT2D eigenvalue weighted by Crippen LogP contribution is -2.25. The van der Waals surface area contributed by atoms with Gasteiger partial charge in [-0.3, -0.25) is 0 Å². The molecule has 0 aliphatic carbocycles. The van der Waals surface area contributed by atoms with Crippen LogP contribution in [0.4, 0.5) is 0 Å². The van der Waals surface area contributed by atoms with Crippen LogP contribution in [0.3, 0.4) is 0 Å². The maximum Gasteiger partial charge on any atom is 0.0697 e. The Bertz CT molecular complexity index is 132. The molecule has 0 aromatic carbocycles. The molecule has 0 saturated heterocycles. The molecule has 0 heterocycles. The van der Waals surface area contributed by atoms with Gasteiger partial charge in [-0.1, -0.05) is 0 Å². The molecular weight excluding hydrogens is 130 g/mol. The lowest BCUT2D eigenvalue weighted by molar-refractivity contribution is 0.0203. The van der Waals surface area contributed by atoms with Crippen molar-refractivity contribution in [1.82, 2.24) is 0 Å². The lowest BCUT2D eigenvalue weighted by Gasteiger charge is -2.19. The van der Waals surface area contributed by atoms with Crippen molar-refractivity contribution < 1.29 is 10.2 Å². The summed E-state index contributed by atoms with van der Waals surface area (Å²) >= 11 is 0. The third-order valence-corrected chi connectivity index (χ3v) is 1.06. The Morgan fingerprint density at radius 1 is 1.60 bits per heavy atom. The van der Waals surface area contributed by atoms with E-state index in [1.54, 1.807) is 13.8 Å². The molecule has 0 bridgehead atoms. The average Bonchev–Trinajstić information content (AvgIpc) is 1.59. The molecule has 0 aliphatic heterocycles. The van der Waals surface area contributed by atoms with Crippen LogP contribution in [-0.2, 0) is 0 Å². The average molecular weight is 143 g/mol. The van der Waals surface area contributed by atoms with E-state index in [2.05, 4.69) is 0 Å². The van der Waals surface area contributed by atoms with E-state index in [9.17, 15) is 0 Å². The summed E-state index contributed by atoms with van der Waals surface area (Å²) in [4.78, 5) is 0. The molecular formula is C7H13NO2. The van der Waals surface area contributed by atoms with E-state index in [0.29, 0.717) is 0 Å². The molecule has 1 atom stereocenters. The van der Waals surface area contributed by atoms with Crippen LogP contribution in [-0.4, -0.2) is 21.9 Å². The van der Waals surface area contributed by atoms with E-state index in [0.717, 1.165) is 0 Å². The van der Waals surface area contributed by atoms with Crippen molar-refractivity contribution in [2.45, 2.75) is 38.4 Å². The maximum absolute atomic E-state index is 9.15. The number of aliphatic hydroxyl groups excluding tert-OH is 1. The van der Waals surface area contributed by atoms with Crippen LogP contribution in [0.25, 0.3) is 0 Å². The minimum absolute atomic E-state index is 0.0873. The standard InChI is InChI=1S/C7H13NO2/c1-7(2,10)5-6(9)3-4-8/h6,9-10H,3,5H2,1-2H3. The zero-order valence-electron chi connectivity index (χ0n) is 6.33. The topological polar surface area (TPSA) is 64.2 Å². The normalized spacial score (nSPS) is 14.3. The lowest BCUT2D eigenvalue weighted by atomic mass is 10.00. The molecule has 1 unspecified atom stereocenters. The predicted molar refractivity (Wildman–Crippen MR) is 37.2 cm³/mol. The predicted octanol–water partition coefficient (Wildman–Crippen LogP) is 0.422. The monoisotopic (exact) mass is 143 g/mol. The van der Waals surface area contributed by atoms with Crippen LogP contribution in [0, 0.1) is 11.3 Å². The summed E-state index contributed by atoms with van der Waals surface area (Å²) in [6.07, 6.45) is -0.366. The van der Waals surface area contributed by atoms with Gasteiger partial charge in [-0.15, -0.1) is 0 Å². The first-order chi connectivity index (χ1) is 4.45. The summed E-state index contributed by atoms with van der Waals surface area (Å²) in [5, 5.41) is 26.3. The molecule has 3 heteroatoms. The second-order valence-corrected chi connectivity index (χ2v) is 3.03. The molecule has 10 heavy (non-hydrogen) atoms. The van der Waals surface area contributed by atoms with Crippen molar-refractivity contribution in [3.05, 3.63) is 0 Å². The van der Waals surface area contributed by atoms with Crippen molar-refractivity contribution in [2.75, 3.05) is 0 Å². The first-order valence-electron chi connectivity index (χ1n) is 3.23. The summed E-state index contributed by atoms with van der Waals surface area (Å²) in [5.41, 5.74) is -0.879. The van der Waals surface area contributed by atoms with Crippen molar-refractivity contribution in [2.24, 2.45) is 0 Å². The number of nitrogens with zero attached hydrogens (tertiary/aromatic N) is 1. The molecule has 0 radical (unpaired) electrons. The fourth-order valence-electron chi connectivity index (χ4n) is 0.754. The number of rotatable bonds is 3. The molecule has 0 aromatic rings. The van der Waals surface area contributed by atoms with E-state index in [4.69, 9.17) is 15.5 Å². The van der Waals surface area contributed by atoms with Gasteiger partial charge >= 0.3 is 0 Å². The van der Waals surface area contributed by atoms with Crippen LogP contribution in [0.15, 0.2) is 0 Å². The van der Waals surface area contributed by atoms with Crippen molar-refractivity contribution in [3.8, 4) is 6.07 Å². The van der Waals surface area contributed by atoms with Crippen LogP contribution in [0.2, 0.25) is 0 Å². The highest BCUT2D eigenvalue weighted by Crippen LogP contribution is 2.11. The quantitative estimate of drug-likeness (QED) is 0.601. The van der Waals surface area contributed by atoms with Crippen molar-refractivity contribution in [1.29, 1.82) is 5.26 Å². The zero-order valence-corrected chi connectivity index (χ0v) is 6.33. The highest BCUT2D eigenvalue weighted by atomic mass is 16.3. The van der Waals surface area contributed by atoms with Crippen LogP contribution in [0.1, 0.15) is 26.7 Å². The fourth-order valence-corrected chi connectivity index (χ4v) is 0.754. The number of nitriles is 1. The van der Waals surface area contributed by atoms with Gasteiger partial charge in [0.25, 0.3) is 0 Å². The summed E-state index contributed by atoms with van der Waals surface area (Å²) in [5.74, 6) is 0.